The van der Waals surface area contributed by atoms with Crippen molar-refractivity contribution in [3.8, 4) is 0 Å². The lowest BCUT2D eigenvalue weighted by Crippen LogP contribution is -1.92. The molecule has 0 aliphatic rings. The monoisotopic (exact) mass is 196 g/mol. The van der Waals surface area contributed by atoms with Crippen LogP contribution in [0.1, 0.15) is 12.7 Å². The highest BCUT2D eigenvalue weighted by Crippen LogP contribution is 2.17. The van der Waals surface area contributed by atoms with Gasteiger partial charge in [0.2, 0.25) is 0 Å². The van der Waals surface area contributed by atoms with Crippen molar-refractivity contribution >= 4 is 22.6 Å². The van der Waals surface area contributed by atoms with Crippen molar-refractivity contribution in [1.82, 2.24) is 19.7 Å². The Balaban J connectivity index is 2.75. The third-order valence-corrected chi connectivity index (χ3v) is 2.07. The number of nitrogens with zero attached hydrogens (tertiary/aromatic N) is 4. The summed E-state index contributed by atoms with van der Waals surface area (Å²) in [7, 11) is 0. The number of fused-ring (bicyclic) bond motifs is 1. The highest BCUT2D eigenvalue weighted by Gasteiger charge is 2.07. The number of hydrogen-bond donors (Lipinski definition) is 0. The molecule has 2 aromatic heterocycles. The maximum Gasteiger partial charge on any atom is 0.160 e. The predicted molar refractivity (Wildman–Crippen MR) is 50.7 cm³/mol. The molecule has 5 heteroatoms. The van der Waals surface area contributed by atoms with Crippen LogP contribution in [0.5, 0.6) is 0 Å². The molecule has 0 aliphatic carbocycles. The van der Waals surface area contributed by atoms with Crippen molar-refractivity contribution in [1.29, 1.82) is 0 Å². The van der Waals surface area contributed by atoms with Gasteiger partial charge in [-0.05, 0) is 13.8 Å². The number of aryl methyl sites for hydroxylation is 2. The SMILES string of the molecule is CCn1cc2nc(C)nc(Cl)c2n1. The summed E-state index contributed by atoms with van der Waals surface area (Å²) < 4.78 is 1.80. The fourth-order valence-corrected chi connectivity index (χ4v) is 1.45. The highest BCUT2D eigenvalue weighted by molar-refractivity contribution is 6.33. The zero-order valence-corrected chi connectivity index (χ0v) is 8.21. The van der Waals surface area contributed by atoms with Crippen LogP contribution in [-0.2, 0) is 6.54 Å². The lowest BCUT2D eigenvalue weighted by atomic mass is 10.4. The van der Waals surface area contributed by atoms with E-state index in [2.05, 4.69) is 15.1 Å². The molecule has 0 N–H and O–H groups in total. The Morgan fingerprint density at radius 2 is 2.23 bits per heavy atom. The van der Waals surface area contributed by atoms with Crippen molar-refractivity contribution in [2.45, 2.75) is 20.4 Å². The van der Waals surface area contributed by atoms with Crippen molar-refractivity contribution in [3.63, 3.8) is 0 Å². The molecule has 0 unspecified atom stereocenters. The summed E-state index contributed by atoms with van der Waals surface area (Å²) in [6.45, 7) is 4.64. The van der Waals surface area contributed by atoms with Crippen LogP contribution in [0.2, 0.25) is 5.15 Å². The lowest BCUT2D eigenvalue weighted by Gasteiger charge is -1.92. The normalized spacial score (nSPS) is 11.0. The average molecular weight is 197 g/mol. The zero-order chi connectivity index (χ0) is 9.42. The molecule has 0 aliphatic heterocycles. The zero-order valence-electron chi connectivity index (χ0n) is 7.45. The van der Waals surface area contributed by atoms with Gasteiger partial charge in [-0.2, -0.15) is 5.10 Å². The van der Waals surface area contributed by atoms with Crippen LogP contribution in [0.15, 0.2) is 6.20 Å². The predicted octanol–water partition coefficient (Wildman–Crippen LogP) is 1.81. The lowest BCUT2D eigenvalue weighted by molar-refractivity contribution is 0.667. The fourth-order valence-electron chi connectivity index (χ4n) is 1.20. The van der Waals surface area contributed by atoms with Gasteiger partial charge in [-0.15, -0.1) is 0 Å². The van der Waals surface area contributed by atoms with Gasteiger partial charge in [0.1, 0.15) is 16.9 Å². The Hall–Kier alpha value is -1.16. The summed E-state index contributed by atoms with van der Waals surface area (Å²) in [6, 6.07) is 0. The third kappa shape index (κ3) is 1.37. The Bertz CT molecular complexity index is 449. The molecule has 68 valence electrons. The minimum Gasteiger partial charge on any atom is -0.270 e. The van der Waals surface area contributed by atoms with Gasteiger partial charge < -0.3 is 0 Å². The molecule has 0 radical (unpaired) electrons. The highest BCUT2D eigenvalue weighted by atomic mass is 35.5. The van der Waals surface area contributed by atoms with Gasteiger partial charge in [0.15, 0.2) is 5.15 Å². The topological polar surface area (TPSA) is 43.6 Å². The van der Waals surface area contributed by atoms with Crippen LogP contribution < -0.4 is 0 Å². The standard InChI is InChI=1S/C8H9ClN4/c1-3-13-4-6-7(12-13)8(9)11-5(2)10-6/h4H,3H2,1-2H3. The van der Waals surface area contributed by atoms with Gasteiger partial charge in [0.25, 0.3) is 0 Å². The second-order valence-corrected chi connectivity index (χ2v) is 3.14. The quantitative estimate of drug-likeness (QED) is 0.654. The third-order valence-electron chi connectivity index (χ3n) is 1.80. The maximum atomic E-state index is 5.91. The summed E-state index contributed by atoms with van der Waals surface area (Å²) in [5.74, 6) is 0.674. The molecule has 0 bridgehead atoms. The molecule has 0 saturated carbocycles. The van der Waals surface area contributed by atoms with Gasteiger partial charge in [0, 0.05) is 6.54 Å². The number of aromatic nitrogens is 4. The van der Waals surface area contributed by atoms with Gasteiger partial charge >= 0.3 is 0 Å². The first-order chi connectivity index (χ1) is 6.20. The van der Waals surface area contributed by atoms with E-state index < -0.39 is 0 Å². The second kappa shape index (κ2) is 2.96. The first-order valence-electron chi connectivity index (χ1n) is 4.08. The summed E-state index contributed by atoms with van der Waals surface area (Å²) in [5.41, 5.74) is 1.48. The molecule has 2 heterocycles. The van der Waals surface area contributed by atoms with Gasteiger partial charge in [0.05, 0.1) is 6.20 Å². The minimum atomic E-state index is 0.426. The van der Waals surface area contributed by atoms with Crippen molar-refractivity contribution in [2.24, 2.45) is 0 Å². The summed E-state index contributed by atoms with van der Waals surface area (Å²) in [5, 5.41) is 4.66. The molecule has 0 atom stereocenters. The number of halogens is 1. The minimum absolute atomic E-state index is 0.426. The molecule has 0 amide bonds. The largest absolute Gasteiger partial charge is 0.270 e. The smallest absolute Gasteiger partial charge is 0.160 e. The molecular formula is C8H9ClN4. The Labute approximate surface area is 80.6 Å². The Morgan fingerprint density at radius 3 is 2.92 bits per heavy atom. The molecule has 0 saturated heterocycles. The van der Waals surface area contributed by atoms with Crippen molar-refractivity contribution in [2.75, 3.05) is 0 Å². The van der Waals surface area contributed by atoms with Gasteiger partial charge in [-0.3, -0.25) is 4.68 Å². The van der Waals surface area contributed by atoms with E-state index in [1.807, 2.05) is 20.0 Å². The van der Waals surface area contributed by atoms with Crippen LogP contribution in [0.25, 0.3) is 11.0 Å². The summed E-state index contributed by atoms with van der Waals surface area (Å²) >= 11 is 5.91. The maximum absolute atomic E-state index is 5.91. The number of hydrogen-bond acceptors (Lipinski definition) is 3. The van der Waals surface area contributed by atoms with E-state index in [1.54, 1.807) is 4.68 Å². The van der Waals surface area contributed by atoms with Gasteiger partial charge in [-0.1, -0.05) is 11.6 Å². The van der Waals surface area contributed by atoms with Crippen molar-refractivity contribution < 1.29 is 0 Å². The van der Waals surface area contributed by atoms with Crippen LogP contribution in [0.4, 0.5) is 0 Å². The molecule has 4 nitrogen and oxygen atoms in total. The van der Waals surface area contributed by atoms with E-state index in [1.165, 1.54) is 0 Å². The first kappa shape index (κ1) is 8.44. The molecule has 2 rings (SSSR count). The molecule has 13 heavy (non-hydrogen) atoms. The van der Waals surface area contributed by atoms with E-state index >= 15 is 0 Å². The van der Waals surface area contributed by atoms with E-state index in [-0.39, 0.29) is 0 Å². The van der Waals surface area contributed by atoms with Crippen molar-refractivity contribution in [3.05, 3.63) is 17.2 Å². The van der Waals surface area contributed by atoms with Crippen LogP contribution >= 0.6 is 11.6 Å². The molecule has 2 aromatic rings. The summed E-state index contributed by atoms with van der Waals surface area (Å²) in [4.78, 5) is 8.25. The van der Waals surface area contributed by atoms with E-state index in [4.69, 9.17) is 11.6 Å². The van der Waals surface area contributed by atoms with Crippen LogP contribution in [0, 0.1) is 6.92 Å². The van der Waals surface area contributed by atoms with E-state index in [0.717, 1.165) is 12.1 Å². The van der Waals surface area contributed by atoms with E-state index in [9.17, 15) is 0 Å². The van der Waals surface area contributed by atoms with Crippen LogP contribution in [0.3, 0.4) is 0 Å². The van der Waals surface area contributed by atoms with E-state index in [0.29, 0.717) is 16.5 Å². The average Bonchev–Trinajstić information content (AvgIpc) is 2.47. The molecule has 0 fully saturated rings. The molecule has 0 aromatic carbocycles. The molecule has 0 spiro atoms. The first-order valence-corrected chi connectivity index (χ1v) is 4.46. The van der Waals surface area contributed by atoms with Crippen LogP contribution in [-0.4, -0.2) is 19.7 Å². The molecular weight excluding hydrogens is 188 g/mol. The Kier molecular flexibility index (Phi) is 1.92. The van der Waals surface area contributed by atoms with Gasteiger partial charge in [-0.25, -0.2) is 9.97 Å². The fraction of sp³-hybridized carbons (Fsp3) is 0.375. The summed E-state index contributed by atoms with van der Waals surface area (Å²) in [6.07, 6.45) is 1.87. The Morgan fingerprint density at radius 1 is 1.46 bits per heavy atom. The second-order valence-electron chi connectivity index (χ2n) is 2.78. The number of rotatable bonds is 1.